The van der Waals surface area contributed by atoms with Crippen LogP contribution in [0.2, 0.25) is 5.15 Å². The summed E-state index contributed by atoms with van der Waals surface area (Å²) in [5, 5.41) is 6.66. The van der Waals surface area contributed by atoms with Gasteiger partial charge in [-0.1, -0.05) is 17.7 Å². The number of aldehydes is 1. The third-order valence-corrected chi connectivity index (χ3v) is 3.74. The summed E-state index contributed by atoms with van der Waals surface area (Å²) < 4.78 is 0. The van der Waals surface area contributed by atoms with Gasteiger partial charge in [0.15, 0.2) is 0 Å². The molecule has 0 amide bonds. The molecule has 1 saturated carbocycles. The number of anilines is 1. The van der Waals surface area contributed by atoms with Gasteiger partial charge in [0.1, 0.15) is 17.3 Å². The Bertz CT molecular complexity index is 413. The third kappa shape index (κ3) is 3.21. The number of rotatable bonds is 2. The van der Waals surface area contributed by atoms with E-state index in [-0.39, 0.29) is 6.04 Å². The van der Waals surface area contributed by atoms with E-state index < -0.39 is 0 Å². The van der Waals surface area contributed by atoms with E-state index >= 15 is 0 Å². The van der Waals surface area contributed by atoms with Crippen molar-refractivity contribution < 1.29 is 4.79 Å². The molecule has 3 atom stereocenters. The minimum Gasteiger partial charge on any atom is -0.373 e. The molecule has 1 aromatic heterocycles. The van der Waals surface area contributed by atoms with Crippen molar-refractivity contribution in [2.45, 2.75) is 31.3 Å². The van der Waals surface area contributed by atoms with E-state index in [9.17, 15) is 4.79 Å². The van der Waals surface area contributed by atoms with Gasteiger partial charge in [-0.15, -0.1) is 0 Å². The van der Waals surface area contributed by atoms with Crippen LogP contribution in [0, 0.1) is 5.92 Å². The molecule has 1 aliphatic carbocycles. The normalized spacial score (nSPS) is 28.4. The molecule has 3 rings (SSSR count). The summed E-state index contributed by atoms with van der Waals surface area (Å²) in [6.45, 7) is 0. The van der Waals surface area contributed by atoms with E-state index in [2.05, 4.69) is 15.6 Å². The van der Waals surface area contributed by atoms with Gasteiger partial charge in [-0.05, 0) is 37.3 Å². The molecule has 2 fully saturated rings. The number of pyridine rings is 1. The zero-order chi connectivity index (χ0) is 13.0. The molecule has 2 bridgehead atoms. The van der Waals surface area contributed by atoms with Gasteiger partial charge in [0.05, 0.1) is 6.04 Å². The maximum atomic E-state index is 10.3. The molecule has 2 N–H and O–H groups in total. The first kappa shape index (κ1) is 13.3. The van der Waals surface area contributed by atoms with E-state index in [0.29, 0.717) is 17.1 Å². The Morgan fingerprint density at radius 2 is 2.33 bits per heavy atom. The number of hydrogen-bond acceptors (Lipinski definition) is 4. The molecule has 4 nitrogen and oxygen atoms in total. The molecule has 0 radical (unpaired) electrons. The van der Waals surface area contributed by atoms with Crippen LogP contribution in [0.3, 0.4) is 0 Å². The standard InChI is InChI=1S/C7H11NO.C6H7ClN2/c9-4-7-5-1-2-6(3-5)8-7;1-8-6-4-2-3-5(7)9-6/h4-8H,1-3H2;2-4H,1H3,(H,8,9). The number of nitrogens with zero attached hydrogens (tertiary/aromatic N) is 1. The van der Waals surface area contributed by atoms with Gasteiger partial charge in [-0.2, -0.15) is 0 Å². The van der Waals surface area contributed by atoms with Crippen LogP contribution in [-0.4, -0.2) is 30.4 Å². The van der Waals surface area contributed by atoms with Gasteiger partial charge in [-0.3, -0.25) is 0 Å². The first-order valence-corrected chi connectivity index (χ1v) is 6.62. The molecule has 18 heavy (non-hydrogen) atoms. The summed E-state index contributed by atoms with van der Waals surface area (Å²) in [6, 6.07) is 6.31. The molecular weight excluding hydrogens is 250 g/mol. The van der Waals surface area contributed by atoms with Crippen LogP contribution in [0.5, 0.6) is 0 Å². The van der Waals surface area contributed by atoms with Crippen molar-refractivity contribution in [1.82, 2.24) is 10.3 Å². The molecule has 0 spiro atoms. The first-order valence-electron chi connectivity index (χ1n) is 6.24. The Labute approximate surface area is 112 Å². The molecule has 0 aromatic carbocycles. The number of carbonyl (C=O) groups is 1. The molecule has 98 valence electrons. The zero-order valence-electron chi connectivity index (χ0n) is 10.4. The Kier molecular flexibility index (Phi) is 4.55. The lowest BCUT2D eigenvalue weighted by Crippen LogP contribution is -2.36. The van der Waals surface area contributed by atoms with E-state index in [4.69, 9.17) is 11.6 Å². The van der Waals surface area contributed by atoms with E-state index in [0.717, 1.165) is 12.1 Å². The summed E-state index contributed by atoms with van der Waals surface area (Å²) in [5.41, 5.74) is 0. The summed E-state index contributed by atoms with van der Waals surface area (Å²) in [6.07, 6.45) is 4.85. The molecule has 2 aliphatic rings. The second-order valence-electron chi connectivity index (χ2n) is 4.69. The third-order valence-electron chi connectivity index (χ3n) is 3.53. The Hall–Kier alpha value is -1.13. The van der Waals surface area contributed by atoms with E-state index in [1.54, 1.807) is 13.1 Å². The minimum absolute atomic E-state index is 0.198. The molecule has 1 aromatic rings. The Morgan fingerprint density at radius 1 is 1.50 bits per heavy atom. The van der Waals surface area contributed by atoms with Crippen LogP contribution in [0.25, 0.3) is 0 Å². The predicted octanol–water partition coefficient (Wildman–Crippen LogP) is 2.10. The number of hydrogen-bond donors (Lipinski definition) is 2. The lowest BCUT2D eigenvalue weighted by molar-refractivity contribution is -0.110. The van der Waals surface area contributed by atoms with Gasteiger partial charge in [-0.25, -0.2) is 4.98 Å². The Balaban J connectivity index is 0.000000134. The quantitative estimate of drug-likeness (QED) is 0.637. The van der Waals surface area contributed by atoms with E-state index in [1.807, 2.05) is 12.1 Å². The van der Waals surface area contributed by atoms with Crippen LogP contribution in [0.1, 0.15) is 19.3 Å². The van der Waals surface area contributed by atoms with E-state index in [1.165, 1.54) is 19.3 Å². The molecule has 1 aliphatic heterocycles. The number of fused-ring (bicyclic) bond motifs is 2. The summed E-state index contributed by atoms with van der Waals surface area (Å²) in [4.78, 5) is 14.3. The number of nitrogens with one attached hydrogen (secondary N) is 2. The van der Waals surface area contributed by atoms with Crippen LogP contribution >= 0.6 is 11.6 Å². The van der Waals surface area contributed by atoms with Crippen LogP contribution in [-0.2, 0) is 4.79 Å². The van der Waals surface area contributed by atoms with Crippen molar-refractivity contribution in [2.75, 3.05) is 12.4 Å². The lowest BCUT2D eigenvalue weighted by atomic mass is 10.0. The smallest absolute Gasteiger partial charge is 0.137 e. The average molecular weight is 268 g/mol. The van der Waals surface area contributed by atoms with Crippen molar-refractivity contribution >= 4 is 23.7 Å². The number of piperidine rings is 1. The fourth-order valence-electron chi connectivity index (χ4n) is 2.60. The van der Waals surface area contributed by atoms with Gasteiger partial charge < -0.3 is 15.4 Å². The fraction of sp³-hybridized carbons (Fsp3) is 0.538. The molecule has 5 heteroatoms. The van der Waals surface area contributed by atoms with Crippen LogP contribution in [0.4, 0.5) is 5.82 Å². The highest BCUT2D eigenvalue weighted by atomic mass is 35.5. The SMILES string of the molecule is CNc1cccc(Cl)n1.O=CC1NC2CCC1C2. The second-order valence-corrected chi connectivity index (χ2v) is 5.08. The van der Waals surface area contributed by atoms with Gasteiger partial charge in [0.2, 0.25) is 0 Å². The van der Waals surface area contributed by atoms with Gasteiger partial charge in [0.25, 0.3) is 0 Å². The lowest BCUT2D eigenvalue weighted by Gasteiger charge is -2.16. The van der Waals surface area contributed by atoms with Crippen molar-refractivity contribution in [2.24, 2.45) is 5.92 Å². The molecule has 3 unspecified atom stereocenters. The highest BCUT2D eigenvalue weighted by Gasteiger charge is 2.38. The fourth-order valence-corrected chi connectivity index (χ4v) is 2.76. The molecular formula is C13H18ClN3O. The monoisotopic (exact) mass is 267 g/mol. The summed E-state index contributed by atoms with van der Waals surface area (Å²) in [5.74, 6) is 1.47. The predicted molar refractivity (Wildman–Crippen MR) is 72.9 cm³/mol. The number of halogens is 1. The maximum absolute atomic E-state index is 10.3. The van der Waals surface area contributed by atoms with Crippen LogP contribution < -0.4 is 10.6 Å². The first-order chi connectivity index (χ1) is 8.72. The molecule has 1 saturated heterocycles. The Morgan fingerprint density at radius 3 is 2.72 bits per heavy atom. The van der Waals surface area contributed by atoms with Crippen molar-refractivity contribution in [3.63, 3.8) is 0 Å². The molecule has 2 heterocycles. The van der Waals surface area contributed by atoms with Crippen molar-refractivity contribution in [3.05, 3.63) is 23.4 Å². The van der Waals surface area contributed by atoms with Crippen molar-refractivity contribution in [3.8, 4) is 0 Å². The number of carbonyl (C=O) groups excluding carboxylic acids is 1. The topological polar surface area (TPSA) is 54.0 Å². The number of aromatic nitrogens is 1. The van der Waals surface area contributed by atoms with Gasteiger partial charge >= 0.3 is 0 Å². The maximum Gasteiger partial charge on any atom is 0.137 e. The largest absolute Gasteiger partial charge is 0.373 e. The summed E-state index contributed by atoms with van der Waals surface area (Å²) >= 11 is 5.57. The highest BCUT2D eigenvalue weighted by Crippen LogP contribution is 2.34. The zero-order valence-corrected chi connectivity index (χ0v) is 11.2. The van der Waals surface area contributed by atoms with Crippen LogP contribution in [0.15, 0.2) is 18.2 Å². The highest BCUT2D eigenvalue weighted by molar-refractivity contribution is 6.29. The van der Waals surface area contributed by atoms with Crippen molar-refractivity contribution in [1.29, 1.82) is 0 Å². The summed E-state index contributed by atoms with van der Waals surface area (Å²) in [7, 11) is 1.80. The van der Waals surface area contributed by atoms with Gasteiger partial charge in [0, 0.05) is 13.1 Å². The minimum atomic E-state index is 0.198. The average Bonchev–Trinajstić information content (AvgIpc) is 3.01. The second kappa shape index (κ2) is 6.16.